The number of benzene rings is 2. The number of amides is 1. The van der Waals surface area contributed by atoms with Crippen molar-refractivity contribution in [1.29, 1.82) is 0 Å². The molecule has 0 radical (unpaired) electrons. The lowest BCUT2D eigenvalue weighted by Crippen LogP contribution is -2.11. The van der Waals surface area contributed by atoms with Gasteiger partial charge in [-0.2, -0.15) is 0 Å². The molecule has 1 aromatic heterocycles. The van der Waals surface area contributed by atoms with Gasteiger partial charge in [0.1, 0.15) is 18.1 Å². The average molecular weight is 307 g/mol. The van der Waals surface area contributed by atoms with E-state index < -0.39 is 0 Å². The Morgan fingerprint density at radius 1 is 1.09 bits per heavy atom. The molecule has 0 saturated heterocycles. The Bertz CT molecular complexity index is 819. The van der Waals surface area contributed by atoms with Gasteiger partial charge < -0.3 is 14.8 Å². The molecule has 3 aromatic rings. The highest BCUT2D eigenvalue weighted by atomic mass is 16.4. The zero-order chi connectivity index (χ0) is 16.2. The Kier molecular flexibility index (Phi) is 4.26. The summed E-state index contributed by atoms with van der Waals surface area (Å²) in [6.45, 7) is 1.83. The number of carbonyl (C=O) groups is 1. The fraction of sp³-hybridized carbons (Fsp3) is 0.105. The second kappa shape index (κ2) is 6.50. The largest absolute Gasteiger partial charge is 0.459 e. The maximum Gasteiger partial charge on any atom is 0.255 e. The number of rotatable bonds is 4. The first-order chi connectivity index (χ1) is 11.2. The van der Waals surface area contributed by atoms with Gasteiger partial charge in [0.05, 0.1) is 0 Å². The van der Waals surface area contributed by atoms with Crippen molar-refractivity contribution in [3.8, 4) is 11.3 Å². The molecule has 1 heterocycles. The number of anilines is 1. The molecule has 3 rings (SSSR count). The van der Waals surface area contributed by atoms with E-state index in [4.69, 9.17) is 9.52 Å². The molecule has 116 valence electrons. The summed E-state index contributed by atoms with van der Waals surface area (Å²) in [5, 5.41) is 11.9. The van der Waals surface area contributed by atoms with Crippen LogP contribution in [0, 0.1) is 6.92 Å². The number of aliphatic hydroxyl groups excluding tert-OH is 1. The van der Waals surface area contributed by atoms with E-state index in [1.54, 1.807) is 12.1 Å². The fourth-order valence-corrected chi connectivity index (χ4v) is 2.33. The van der Waals surface area contributed by atoms with Gasteiger partial charge in [-0.05, 0) is 55.5 Å². The predicted octanol–water partition coefficient (Wildman–Crippen LogP) is 4.00. The third-order valence-corrected chi connectivity index (χ3v) is 3.53. The van der Waals surface area contributed by atoms with E-state index in [0.29, 0.717) is 22.8 Å². The number of hydrogen-bond donors (Lipinski definition) is 2. The van der Waals surface area contributed by atoms with Crippen molar-refractivity contribution in [3.63, 3.8) is 0 Å². The van der Waals surface area contributed by atoms with E-state index in [0.717, 1.165) is 11.1 Å². The van der Waals surface area contributed by atoms with Gasteiger partial charge in [0.15, 0.2) is 0 Å². The van der Waals surface area contributed by atoms with Crippen LogP contribution in [0.2, 0.25) is 0 Å². The Hall–Kier alpha value is -2.85. The number of aryl methyl sites for hydroxylation is 1. The van der Waals surface area contributed by atoms with E-state index >= 15 is 0 Å². The second-order valence-corrected chi connectivity index (χ2v) is 5.33. The van der Waals surface area contributed by atoms with Crippen molar-refractivity contribution in [1.82, 2.24) is 0 Å². The molecule has 0 spiro atoms. The Morgan fingerprint density at radius 3 is 2.52 bits per heavy atom. The highest BCUT2D eigenvalue weighted by Crippen LogP contribution is 2.24. The second-order valence-electron chi connectivity index (χ2n) is 5.33. The molecule has 0 bridgehead atoms. The molecule has 0 aliphatic heterocycles. The van der Waals surface area contributed by atoms with Crippen molar-refractivity contribution in [3.05, 3.63) is 77.6 Å². The SMILES string of the molecule is Cc1cccc(C(=O)Nc2ccc(-c3ccc(CO)o3)cc2)c1. The summed E-state index contributed by atoms with van der Waals surface area (Å²) in [5.41, 5.74) is 3.28. The van der Waals surface area contributed by atoms with Crippen molar-refractivity contribution < 1.29 is 14.3 Å². The molecule has 0 aliphatic carbocycles. The van der Waals surface area contributed by atoms with Crippen molar-refractivity contribution >= 4 is 11.6 Å². The quantitative estimate of drug-likeness (QED) is 0.766. The van der Waals surface area contributed by atoms with Crippen LogP contribution in [0.15, 0.2) is 65.1 Å². The molecular formula is C19H17NO3. The predicted molar refractivity (Wildman–Crippen MR) is 89.2 cm³/mol. The number of hydrogen-bond acceptors (Lipinski definition) is 3. The van der Waals surface area contributed by atoms with Gasteiger partial charge in [-0.1, -0.05) is 17.7 Å². The molecule has 4 nitrogen and oxygen atoms in total. The van der Waals surface area contributed by atoms with Crippen LogP contribution in [0.3, 0.4) is 0 Å². The third kappa shape index (κ3) is 3.49. The monoisotopic (exact) mass is 307 g/mol. The summed E-state index contributed by atoms with van der Waals surface area (Å²) in [4.78, 5) is 12.2. The molecule has 0 unspecified atom stereocenters. The maximum atomic E-state index is 12.2. The van der Waals surface area contributed by atoms with Crippen molar-refractivity contribution in [2.24, 2.45) is 0 Å². The van der Waals surface area contributed by atoms with Crippen LogP contribution >= 0.6 is 0 Å². The first-order valence-electron chi connectivity index (χ1n) is 7.34. The number of aliphatic hydroxyl groups is 1. The molecular weight excluding hydrogens is 290 g/mol. The van der Waals surface area contributed by atoms with Crippen LogP contribution in [0.5, 0.6) is 0 Å². The summed E-state index contributed by atoms with van der Waals surface area (Å²) in [5.74, 6) is 1.07. The molecule has 0 fully saturated rings. The minimum absolute atomic E-state index is 0.120. The van der Waals surface area contributed by atoms with Gasteiger partial charge in [-0.15, -0.1) is 0 Å². The summed E-state index contributed by atoms with van der Waals surface area (Å²) in [6.07, 6.45) is 0. The standard InChI is InChI=1S/C19H17NO3/c1-13-3-2-4-15(11-13)19(22)20-16-7-5-14(6-8-16)18-10-9-17(12-21)23-18/h2-11,21H,12H2,1H3,(H,20,22). The highest BCUT2D eigenvalue weighted by molar-refractivity contribution is 6.04. The van der Waals surface area contributed by atoms with Crippen molar-refractivity contribution in [2.45, 2.75) is 13.5 Å². The molecule has 23 heavy (non-hydrogen) atoms. The number of furan rings is 1. The Labute approximate surface area is 134 Å². The van der Waals surface area contributed by atoms with Crippen LogP contribution in [0.25, 0.3) is 11.3 Å². The fourth-order valence-electron chi connectivity index (χ4n) is 2.33. The van der Waals surface area contributed by atoms with E-state index in [-0.39, 0.29) is 12.5 Å². The molecule has 0 aliphatic rings. The molecule has 4 heteroatoms. The van der Waals surface area contributed by atoms with E-state index in [1.165, 1.54) is 0 Å². The summed E-state index contributed by atoms with van der Waals surface area (Å²) in [7, 11) is 0. The molecule has 0 saturated carbocycles. The first kappa shape index (κ1) is 15.1. The summed E-state index contributed by atoms with van der Waals surface area (Å²) in [6, 6.07) is 18.4. The minimum Gasteiger partial charge on any atom is -0.459 e. The van der Waals surface area contributed by atoms with Crippen molar-refractivity contribution in [2.75, 3.05) is 5.32 Å². The summed E-state index contributed by atoms with van der Waals surface area (Å²) >= 11 is 0. The Morgan fingerprint density at radius 2 is 1.87 bits per heavy atom. The molecule has 2 aromatic carbocycles. The van der Waals surface area contributed by atoms with Gasteiger partial charge in [-0.3, -0.25) is 4.79 Å². The molecule has 1 amide bonds. The van der Waals surface area contributed by atoms with Gasteiger partial charge in [-0.25, -0.2) is 0 Å². The summed E-state index contributed by atoms with van der Waals surface area (Å²) < 4.78 is 5.48. The maximum absolute atomic E-state index is 12.2. The zero-order valence-corrected chi connectivity index (χ0v) is 12.7. The highest BCUT2D eigenvalue weighted by Gasteiger charge is 2.07. The lowest BCUT2D eigenvalue weighted by molar-refractivity contribution is 0.102. The zero-order valence-electron chi connectivity index (χ0n) is 12.7. The number of nitrogens with one attached hydrogen (secondary N) is 1. The average Bonchev–Trinajstić information content (AvgIpc) is 3.04. The third-order valence-electron chi connectivity index (χ3n) is 3.53. The van der Waals surface area contributed by atoms with Crippen LogP contribution < -0.4 is 5.32 Å². The van der Waals surface area contributed by atoms with E-state index in [9.17, 15) is 4.79 Å². The molecule has 2 N–H and O–H groups in total. The topological polar surface area (TPSA) is 62.5 Å². The van der Waals surface area contributed by atoms with E-state index in [2.05, 4.69) is 5.32 Å². The normalized spacial score (nSPS) is 10.5. The van der Waals surface area contributed by atoms with Crippen LogP contribution in [0.1, 0.15) is 21.7 Å². The lowest BCUT2D eigenvalue weighted by atomic mass is 10.1. The number of carbonyl (C=O) groups excluding carboxylic acids is 1. The van der Waals surface area contributed by atoms with E-state index in [1.807, 2.05) is 55.5 Å². The Balaban J connectivity index is 1.73. The minimum atomic E-state index is -0.137. The van der Waals surface area contributed by atoms with Crippen LogP contribution in [0.4, 0.5) is 5.69 Å². The first-order valence-corrected chi connectivity index (χ1v) is 7.34. The molecule has 0 atom stereocenters. The van der Waals surface area contributed by atoms with Crippen LogP contribution in [-0.4, -0.2) is 11.0 Å². The smallest absolute Gasteiger partial charge is 0.255 e. The van der Waals surface area contributed by atoms with Gasteiger partial charge in [0.2, 0.25) is 0 Å². The van der Waals surface area contributed by atoms with Crippen LogP contribution in [-0.2, 0) is 6.61 Å². The van der Waals surface area contributed by atoms with Gasteiger partial charge >= 0.3 is 0 Å². The van der Waals surface area contributed by atoms with Gasteiger partial charge in [0, 0.05) is 16.8 Å². The lowest BCUT2D eigenvalue weighted by Gasteiger charge is -2.06. The van der Waals surface area contributed by atoms with Gasteiger partial charge in [0.25, 0.3) is 5.91 Å².